The van der Waals surface area contributed by atoms with E-state index in [1.165, 1.54) is 6.92 Å². The first-order valence-corrected chi connectivity index (χ1v) is 6.08. The Labute approximate surface area is 93.8 Å². The molecule has 0 radical (unpaired) electrons. The van der Waals surface area contributed by atoms with Crippen molar-refractivity contribution in [1.29, 1.82) is 0 Å². The molecule has 6 heteroatoms. The summed E-state index contributed by atoms with van der Waals surface area (Å²) in [6.07, 6.45) is 0.618. The molecule has 0 heterocycles. The third kappa shape index (κ3) is 3.32. The Hall–Kier alpha value is -1.40. The number of hydrogen-bond donors (Lipinski definition) is 1. The molecule has 5 nitrogen and oxygen atoms in total. The van der Waals surface area contributed by atoms with Crippen LogP contribution in [0.5, 0.6) is 5.75 Å². The highest BCUT2D eigenvalue weighted by molar-refractivity contribution is 7.86. The maximum Gasteiger partial charge on any atom is 0.270 e. The number of carbonyl (C=O) groups is 1. The molecular weight excluding hydrogens is 232 g/mol. The van der Waals surface area contributed by atoms with E-state index in [1.54, 1.807) is 24.3 Å². The van der Waals surface area contributed by atoms with Crippen molar-refractivity contribution in [3.63, 3.8) is 0 Å². The summed E-state index contributed by atoms with van der Waals surface area (Å²) in [5.74, 6) is 0.299. The van der Waals surface area contributed by atoms with E-state index in [0.29, 0.717) is 17.6 Å². The zero-order chi connectivity index (χ0) is 12.2. The van der Waals surface area contributed by atoms with Crippen LogP contribution in [0.3, 0.4) is 0 Å². The van der Waals surface area contributed by atoms with Gasteiger partial charge in [0.2, 0.25) is 0 Å². The Morgan fingerprint density at radius 2 is 2.06 bits per heavy atom. The Bertz CT molecular complexity index is 466. The zero-order valence-corrected chi connectivity index (χ0v) is 9.48. The number of rotatable bonds is 5. The highest BCUT2D eigenvalue weighted by Gasteiger charge is 2.18. The molecule has 1 atom stereocenters. The molecule has 0 saturated carbocycles. The summed E-state index contributed by atoms with van der Waals surface area (Å²) in [6.45, 7) is 1.11. The maximum absolute atomic E-state index is 10.7. The fourth-order valence-electron chi connectivity index (χ4n) is 1.00. The van der Waals surface area contributed by atoms with E-state index in [0.717, 1.165) is 0 Å². The molecule has 0 aliphatic rings. The minimum absolute atomic E-state index is 0.205. The van der Waals surface area contributed by atoms with Crippen LogP contribution in [0.1, 0.15) is 17.3 Å². The summed E-state index contributed by atoms with van der Waals surface area (Å²) in [4.78, 5) is 10.6. The van der Waals surface area contributed by atoms with Gasteiger partial charge in [-0.2, -0.15) is 8.42 Å². The van der Waals surface area contributed by atoms with Crippen LogP contribution >= 0.6 is 0 Å². The molecule has 1 aromatic carbocycles. The lowest BCUT2D eigenvalue weighted by Crippen LogP contribution is -2.24. The van der Waals surface area contributed by atoms with Crippen molar-refractivity contribution in [2.24, 2.45) is 0 Å². The molecule has 1 N–H and O–H groups in total. The molecule has 1 aromatic rings. The van der Waals surface area contributed by atoms with Gasteiger partial charge in [0, 0.05) is 0 Å². The number of carbonyl (C=O) groups excluding carboxylic acids is 1. The molecule has 0 aliphatic carbocycles. The second-order valence-corrected chi connectivity index (χ2v) is 5.13. The van der Waals surface area contributed by atoms with Crippen LogP contribution in [0.2, 0.25) is 0 Å². The Balaban J connectivity index is 2.72. The van der Waals surface area contributed by atoms with Gasteiger partial charge >= 0.3 is 0 Å². The van der Waals surface area contributed by atoms with Gasteiger partial charge in [-0.15, -0.1) is 0 Å². The summed E-state index contributed by atoms with van der Waals surface area (Å²) in [7, 11) is -4.11. The summed E-state index contributed by atoms with van der Waals surface area (Å²) >= 11 is 0. The smallest absolute Gasteiger partial charge is 0.270 e. The minimum atomic E-state index is -4.11. The maximum atomic E-state index is 10.7. The van der Waals surface area contributed by atoms with E-state index in [9.17, 15) is 13.2 Å². The molecule has 0 fully saturated rings. The molecule has 0 amide bonds. The van der Waals surface area contributed by atoms with Crippen molar-refractivity contribution in [1.82, 2.24) is 0 Å². The Kier molecular flexibility index (Phi) is 4.03. The van der Waals surface area contributed by atoms with Crippen molar-refractivity contribution in [2.75, 3.05) is 6.61 Å². The Morgan fingerprint density at radius 3 is 2.62 bits per heavy atom. The normalized spacial score (nSPS) is 13.1. The van der Waals surface area contributed by atoms with E-state index in [-0.39, 0.29) is 6.61 Å². The van der Waals surface area contributed by atoms with Gasteiger partial charge in [0.15, 0.2) is 6.29 Å². The second kappa shape index (κ2) is 5.09. The largest absolute Gasteiger partial charge is 0.491 e. The fraction of sp³-hybridized carbons (Fsp3) is 0.300. The molecule has 1 unspecified atom stereocenters. The standard InChI is InChI=1S/C10H12O5S/c1-8(16(12,13)14)7-15-10-5-3-2-4-9(10)6-11/h2-6,8H,7H2,1H3,(H,12,13,14). The molecule has 16 heavy (non-hydrogen) atoms. The van der Waals surface area contributed by atoms with Crippen LogP contribution in [0.15, 0.2) is 24.3 Å². The first-order valence-electron chi connectivity index (χ1n) is 4.58. The number of hydrogen-bond acceptors (Lipinski definition) is 4. The summed E-state index contributed by atoms with van der Waals surface area (Å²) in [5.41, 5.74) is 0.338. The van der Waals surface area contributed by atoms with E-state index in [2.05, 4.69) is 0 Å². The summed E-state index contributed by atoms with van der Waals surface area (Å²) in [5, 5.41) is -1.03. The first-order chi connectivity index (χ1) is 7.45. The highest BCUT2D eigenvalue weighted by Crippen LogP contribution is 2.16. The minimum Gasteiger partial charge on any atom is -0.491 e. The predicted octanol–water partition coefficient (Wildman–Crippen LogP) is 1.15. The van der Waals surface area contributed by atoms with Crippen molar-refractivity contribution in [2.45, 2.75) is 12.2 Å². The molecule has 1 rings (SSSR count). The molecule has 0 saturated heterocycles. The lowest BCUT2D eigenvalue weighted by Gasteiger charge is -2.11. The second-order valence-electron chi connectivity index (χ2n) is 3.29. The van der Waals surface area contributed by atoms with Crippen LogP contribution in [-0.2, 0) is 10.1 Å². The third-order valence-electron chi connectivity index (χ3n) is 2.03. The van der Waals surface area contributed by atoms with E-state index in [1.807, 2.05) is 0 Å². The van der Waals surface area contributed by atoms with Gasteiger partial charge in [-0.1, -0.05) is 12.1 Å². The highest BCUT2D eigenvalue weighted by atomic mass is 32.2. The lowest BCUT2D eigenvalue weighted by atomic mass is 10.2. The third-order valence-corrected chi connectivity index (χ3v) is 3.18. The molecule has 0 aliphatic heterocycles. The molecule has 0 spiro atoms. The molecule has 0 aromatic heterocycles. The molecule has 0 bridgehead atoms. The molecule has 88 valence electrons. The van der Waals surface area contributed by atoms with Crippen molar-refractivity contribution >= 4 is 16.4 Å². The van der Waals surface area contributed by atoms with E-state index >= 15 is 0 Å². The van der Waals surface area contributed by atoms with E-state index in [4.69, 9.17) is 9.29 Å². The van der Waals surface area contributed by atoms with Crippen LogP contribution in [0.4, 0.5) is 0 Å². The molecular formula is C10H12O5S. The van der Waals surface area contributed by atoms with Crippen LogP contribution < -0.4 is 4.74 Å². The average Bonchev–Trinajstić information content (AvgIpc) is 2.24. The number of para-hydroxylation sites is 1. The van der Waals surface area contributed by atoms with Crippen LogP contribution in [-0.4, -0.2) is 31.1 Å². The summed E-state index contributed by atoms with van der Waals surface area (Å²) < 4.78 is 35.3. The zero-order valence-electron chi connectivity index (χ0n) is 8.66. The van der Waals surface area contributed by atoms with Crippen molar-refractivity contribution < 1.29 is 22.5 Å². The van der Waals surface area contributed by atoms with Crippen LogP contribution in [0, 0.1) is 0 Å². The van der Waals surface area contributed by atoms with Gasteiger partial charge in [0.1, 0.15) is 17.6 Å². The predicted molar refractivity (Wildman–Crippen MR) is 58.3 cm³/mol. The van der Waals surface area contributed by atoms with Gasteiger partial charge in [0.25, 0.3) is 10.1 Å². The van der Waals surface area contributed by atoms with Gasteiger partial charge in [-0.05, 0) is 19.1 Å². The van der Waals surface area contributed by atoms with Crippen molar-refractivity contribution in [3.05, 3.63) is 29.8 Å². The number of benzene rings is 1. The first kappa shape index (κ1) is 12.7. The van der Waals surface area contributed by atoms with Gasteiger partial charge in [-0.25, -0.2) is 0 Å². The van der Waals surface area contributed by atoms with Gasteiger partial charge < -0.3 is 4.74 Å². The van der Waals surface area contributed by atoms with Gasteiger partial charge in [0.05, 0.1) is 5.56 Å². The Morgan fingerprint density at radius 1 is 1.44 bits per heavy atom. The SMILES string of the molecule is CC(COc1ccccc1C=O)S(=O)(=O)O. The van der Waals surface area contributed by atoms with E-state index < -0.39 is 15.4 Å². The summed E-state index contributed by atoms with van der Waals surface area (Å²) in [6, 6.07) is 6.45. The quantitative estimate of drug-likeness (QED) is 0.620. The lowest BCUT2D eigenvalue weighted by molar-refractivity contribution is 0.111. The topological polar surface area (TPSA) is 80.7 Å². The van der Waals surface area contributed by atoms with Crippen molar-refractivity contribution in [3.8, 4) is 5.75 Å². The van der Waals surface area contributed by atoms with Crippen LogP contribution in [0.25, 0.3) is 0 Å². The monoisotopic (exact) mass is 244 g/mol. The van der Waals surface area contributed by atoms with Gasteiger partial charge in [-0.3, -0.25) is 9.35 Å². The number of aldehydes is 1. The number of ether oxygens (including phenoxy) is 1. The average molecular weight is 244 g/mol. The fourth-order valence-corrected chi connectivity index (χ4v) is 1.24.